The number of hydrogen-bond acceptors (Lipinski definition) is 6. The molecule has 1 fully saturated rings. The van der Waals surface area contributed by atoms with Gasteiger partial charge in [-0.15, -0.1) is 0 Å². The van der Waals surface area contributed by atoms with Gasteiger partial charge in [0, 0.05) is 23.7 Å². The molecule has 8 heteroatoms. The highest BCUT2D eigenvalue weighted by atomic mass is 35.5. The SMILES string of the molecule is CC1C(=C=O)NCCN1c1nc2cc(Cl)cc(-c3cccc(F)n3)c2o1. The molecule has 3 heterocycles. The number of fused-ring (bicyclic) bond motifs is 1. The molecule has 2 aromatic heterocycles. The van der Waals surface area contributed by atoms with Gasteiger partial charge in [0.25, 0.3) is 6.01 Å². The van der Waals surface area contributed by atoms with Gasteiger partial charge in [-0.2, -0.15) is 9.37 Å². The Bertz CT molecular complexity index is 1040. The molecule has 0 saturated carbocycles. The molecule has 132 valence electrons. The van der Waals surface area contributed by atoms with Crippen LogP contribution in [0.3, 0.4) is 0 Å². The monoisotopic (exact) mass is 372 g/mol. The highest BCUT2D eigenvalue weighted by molar-refractivity contribution is 6.31. The average molecular weight is 373 g/mol. The van der Waals surface area contributed by atoms with Crippen LogP contribution in [0.2, 0.25) is 5.02 Å². The first-order chi connectivity index (χ1) is 12.6. The normalized spacial score (nSPS) is 17.3. The first-order valence-corrected chi connectivity index (χ1v) is 8.43. The molecule has 1 aromatic carbocycles. The molecule has 1 N–H and O–H groups in total. The lowest BCUT2D eigenvalue weighted by molar-refractivity contribution is 0.496. The summed E-state index contributed by atoms with van der Waals surface area (Å²) in [5.41, 5.74) is 2.41. The van der Waals surface area contributed by atoms with Gasteiger partial charge in [0.15, 0.2) is 5.58 Å². The van der Waals surface area contributed by atoms with Crippen molar-refractivity contribution in [1.29, 1.82) is 0 Å². The van der Waals surface area contributed by atoms with Crippen molar-refractivity contribution in [2.75, 3.05) is 18.0 Å². The van der Waals surface area contributed by atoms with E-state index in [1.807, 2.05) is 17.8 Å². The first kappa shape index (κ1) is 16.6. The van der Waals surface area contributed by atoms with E-state index in [9.17, 15) is 9.18 Å². The molecule has 26 heavy (non-hydrogen) atoms. The second kappa shape index (κ2) is 6.44. The van der Waals surface area contributed by atoms with Gasteiger partial charge in [-0.1, -0.05) is 17.7 Å². The van der Waals surface area contributed by atoms with E-state index in [-0.39, 0.29) is 6.04 Å². The number of benzene rings is 1. The number of piperazine rings is 1. The number of aromatic nitrogens is 2. The van der Waals surface area contributed by atoms with E-state index in [0.29, 0.717) is 52.2 Å². The molecule has 1 aliphatic heterocycles. The summed E-state index contributed by atoms with van der Waals surface area (Å²) < 4.78 is 19.5. The first-order valence-electron chi connectivity index (χ1n) is 8.05. The molecule has 0 bridgehead atoms. The summed E-state index contributed by atoms with van der Waals surface area (Å²) in [5.74, 6) is 1.32. The molecular weight excluding hydrogens is 359 g/mol. The third-order valence-electron chi connectivity index (χ3n) is 4.34. The highest BCUT2D eigenvalue weighted by Gasteiger charge is 2.28. The zero-order valence-electron chi connectivity index (χ0n) is 13.8. The van der Waals surface area contributed by atoms with E-state index in [1.165, 1.54) is 6.07 Å². The van der Waals surface area contributed by atoms with Crippen LogP contribution in [0.15, 0.2) is 40.4 Å². The number of nitrogens with one attached hydrogen (secondary N) is 1. The molecule has 1 unspecified atom stereocenters. The molecule has 0 aliphatic carbocycles. The molecule has 6 nitrogen and oxygen atoms in total. The van der Waals surface area contributed by atoms with Crippen LogP contribution in [0.5, 0.6) is 0 Å². The molecular formula is C18H14ClFN4O2. The van der Waals surface area contributed by atoms with Crippen molar-refractivity contribution in [3.63, 3.8) is 0 Å². The lowest BCUT2D eigenvalue weighted by Crippen LogP contribution is -2.48. The van der Waals surface area contributed by atoms with Crippen LogP contribution >= 0.6 is 11.6 Å². The van der Waals surface area contributed by atoms with Crippen molar-refractivity contribution < 1.29 is 13.6 Å². The minimum Gasteiger partial charge on any atom is -0.423 e. The predicted octanol–water partition coefficient (Wildman–Crippen LogP) is 3.20. The van der Waals surface area contributed by atoms with Gasteiger partial charge in [-0.3, -0.25) is 0 Å². The van der Waals surface area contributed by atoms with Crippen molar-refractivity contribution in [3.05, 3.63) is 47.0 Å². The van der Waals surface area contributed by atoms with Crippen molar-refractivity contribution in [3.8, 4) is 11.3 Å². The lowest BCUT2D eigenvalue weighted by atomic mass is 10.1. The largest absolute Gasteiger partial charge is 0.423 e. The second-order valence-corrected chi connectivity index (χ2v) is 6.39. The summed E-state index contributed by atoms with van der Waals surface area (Å²) in [6, 6.07) is 7.97. The number of pyridine rings is 1. The highest BCUT2D eigenvalue weighted by Crippen LogP contribution is 2.34. The lowest BCUT2D eigenvalue weighted by Gasteiger charge is -2.33. The van der Waals surface area contributed by atoms with Crippen molar-refractivity contribution in [1.82, 2.24) is 15.3 Å². The Morgan fingerprint density at radius 3 is 3.00 bits per heavy atom. The van der Waals surface area contributed by atoms with Crippen molar-refractivity contribution in [2.45, 2.75) is 13.0 Å². The zero-order valence-corrected chi connectivity index (χ0v) is 14.5. The van der Waals surface area contributed by atoms with Gasteiger partial charge in [-0.05, 0) is 31.2 Å². The molecule has 4 rings (SSSR count). The van der Waals surface area contributed by atoms with Gasteiger partial charge in [0.05, 0.1) is 11.7 Å². The van der Waals surface area contributed by atoms with E-state index in [0.717, 1.165) is 0 Å². The van der Waals surface area contributed by atoms with E-state index in [4.69, 9.17) is 16.0 Å². The van der Waals surface area contributed by atoms with E-state index in [2.05, 4.69) is 15.3 Å². The predicted molar refractivity (Wildman–Crippen MR) is 96.2 cm³/mol. The minimum absolute atomic E-state index is 0.250. The van der Waals surface area contributed by atoms with E-state index < -0.39 is 5.95 Å². The molecule has 3 aromatic rings. The van der Waals surface area contributed by atoms with Gasteiger partial charge in [0.2, 0.25) is 5.95 Å². The maximum Gasteiger partial charge on any atom is 0.299 e. The van der Waals surface area contributed by atoms with Crippen LogP contribution in [-0.2, 0) is 4.79 Å². The van der Waals surface area contributed by atoms with Gasteiger partial charge in [0.1, 0.15) is 17.2 Å². The smallest absolute Gasteiger partial charge is 0.299 e. The van der Waals surface area contributed by atoms with Gasteiger partial charge < -0.3 is 14.6 Å². The number of anilines is 1. The van der Waals surface area contributed by atoms with E-state index >= 15 is 0 Å². The molecule has 1 saturated heterocycles. The topological polar surface area (TPSA) is 71.3 Å². The Kier molecular flexibility index (Phi) is 4.11. The molecule has 1 aliphatic rings. The standard InChI is InChI=1S/C18H14ClFN4O2/c1-10-15(9-25)21-5-6-24(10)18-23-14-8-11(19)7-12(17(14)26-18)13-3-2-4-16(20)22-13/h2-4,7-8,10,21H,5-6H2,1H3. The number of halogens is 2. The number of oxazole rings is 1. The van der Waals surface area contributed by atoms with Crippen molar-refractivity contribution >= 4 is 34.7 Å². The summed E-state index contributed by atoms with van der Waals surface area (Å²) in [7, 11) is 0. The molecule has 1 atom stereocenters. The number of rotatable bonds is 2. The number of hydrogen-bond donors (Lipinski definition) is 1. The Morgan fingerprint density at radius 2 is 2.23 bits per heavy atom. The summed E-state index contributed by atoms with van der Waals surface area (Å²) in [5, 5.41) is 3.46. The minimum atomic E-state index is -0.591. The maximum absolute atomic E-state index is 13.5. The zero-order chi connectivity index (χ0) is 18.3. The fourth-order valence-electron chi connectivity index (χ4n) is 3.05. The third kappa shape index (κ3) is 2.81. The van der Waals surface area contributed by atoms with Crippen LogP contribution in [0.4, 0.5) is 10.4 Å². The van der Waals surface area contributed by atoms with Crippen molar-refractivity contribution in [2.24, 2.45) is 0 Å². The van der Waals surface area contributed by atoms with Crippen LogP contribution in [0.1, 0.15) is 6.92 Å². The quantitative estimate of drug-likeness (QED) is 0.550. The summed E-state index contributed by atoms with van der Waals surface area (Å²) in [4.78, 5) is 21.4. The summed E-state index contributed by atoms with van der Waals surface area (Å²) in [6.07, 6.45) is 0. The second-order valence-electron chi connectivity index (χ2n) is 5.96. The summed E-state index contributed by atoms with van der Waals surface area (Å²) in [6.45, 7) is 3.05. The fourth-order valence-corrected chi connectivity index (χ4v) is 3.26. The Morgan fingerprint density at radius 1 is 1.38 bits per heavy atom. The Labute approximate surface area is 153 Å². The van der Waals surface area contributed by atoms with Crippen LogP contribution in [-0.4, -0.2) is 35.0 Å². The number of carbonyl (C=O) groups excluding carboxylic acids is 1. The van der Waals surface area contributed by atoms with E-state index in [1.54, 1.807) is 24.3 Å². The van der Waals surface area contributed by atoms with Crippen LogP contribution < -0.4 is 10.2 Å². The Balaban J connectivity index is 1.85. The van der Waals surface area contributed by atoms with Crippen LogP contribution in [0, 0.1) is 5.95 Å². The van der Waals surface area contributed by atoms with Gasteiger partial charge >= 0.3 is 0 Å². The third-order valence-corrected chi connectivity index (χ3v) is 4.56. The molecule has 0 radical (unpaired) electrons. The summed E-state index contributed by atoms with van der Waals surface area (Å²) >= 11 is 6.20. The van der Waals surface area contributed by atoms with Gasteiger partial charge in [-0.25, -0.2) is 9.78 Å². The number of nitrogens with zero attached hydrogens (tertiary/aromatic N) is 3. The molecule has 0 amide bonds. The van der Waals surface area contributed by atoms with Crippen LogP contribution in [0.25, 0.3) is 22.4 Å². The Hall–Kier alpha value is -2.89. The maximum atomic E-state index is 13.5. The fraction of sp³-hybridized carbons (Fsp3) is 0.222. The average Bonchev–Trinajstić information content (AvgIpc) is 3.04. The molecule has 0 spiro atoms.